The van der Waals surface area contributed by atoms with Gasteiger partial charge in [0.1, 0.15) is 0 Å². The lowest BCUT2D eigenvalue weighted by molar-refractivity contribution is 0.555. The van der Waals surface area contributed by atoms with Crippen LogP contribution in [-0.2, 0) is 6.42 Å². The summed E-state index contributed by atoms with van der Waals surface area (Å²) in [7, 11) is 0. The molecule has 1 atom stereocenters. The van der Waals surface area contributed by atoms with Crippen molar-refractivity contribution in [1.29, 1.82) is 0 Å². The van der Waals surface area contributed by atoms with Crippen LogP contribution in [0.4, 0.5) is 0 Å². The van der Waals surface area contributed by atoms with Crippen LogP contribution in [0.25, 0.3) is 0 Å². The van der Waals surface area contributed by atoms with Crippen molar-refractivity contribution >= 4 is 50.5 Å². The zero-order chi connectivity index (χ0) is 13.1. The third-order valence-corrected chi connectivity index (χ3v) is 5.05. The molecule has 1 aromatic carbocycles. The number of thiophene rings is 1. The maximum absolute atomic E-state index is 5.98. The molecule has 0 aliphatic heterocycles. The maximum Gasteiger partial charge on any atom is 0.0931 e. The molecule has 3 N–H and O–H groups in total. The molecule has 0 amide bonds. The number of halogens is 3. The zero-order valence-corrected chi connectivity index (χ0v) is 13.2. The zero-order valence-electron chi connectivity index (χ0n) is 9.29. The minimum atomic E-state index is 0.0354. The highest BCUT2D eigenvalue weighted by molar-refractivity contribution is 9.10. The standard InChI is InChI=1S/C12H11BrCl2N2S/c13-9-5-7(1-3-10(9)14)11(17-16)6-8-2-4-12(15)18-8/h1-5,11,17H,6,16H2. The Morgan fingerprint density at radius 2 is 2.06 bits per heavy atom. The van der Waals surface area contributed by atoms with E-state index in [4.69, 9.17) is 29.0 Å². The van der Waals surface area contributed by atoms with Gasteiger partial charge in [0, 0.05) is 15.8 Å². The van der Waals surface area contributed by atoms with Gasteiger partial charge < -0.3 is 0 Å². The Labute approximate surface area is 128 Å². The number of rotatable bonds is 4. The molecule has 1 heterocycles. The highest BCUT2D eigenvalue weighted by Crippen LogP contribution is 2.29. The van der Waals surface area contributed by atoms with Gasteiger partial charge in [0.05, 0.1) is 15.4 Å². The fraction of sp³-hybridized carbons (Fsp3) is 0.167. The van der Waals surface area contributed by atoms with Gasteiger partial charge in [-0.2, -0.15) is 0 Å². The topological polar surface area (TPSA) is 38.0 Å². The molecule has 0 spiro atoms. The Kier molecular flexibility index (Phi) is 5.06. The van der Waals surface area contributed by atoms with Crippen molar-refractivity contribution in [2.75, 3.05) is 0 Å². The summed E-state index contributed by atoms with van der Waals surface area (Å²) < 4.78 is 1.66. The van der Waals surface area contributed by atoms with Gasteiger partial charge in [-0.15, -0.1) is 11.3 Å². The second-order valence-corrected chi connectivity index (χ2v) is 6.86. The molecule has 2 aromatic rings. The number of hydrogen-bond donors (Lipinski definition) is 2. The lowest BCUT2D eigenvalue weighted by Gasteiger charge is -2.16. The molecule has 18 heavy (non-hydrogen) atoms. The van der Waals surface area contributed by atoms with Crippen LogP contribution in [0.15, 0.2) is 34.8 Å². The Morgan fingerprint density at radius 1 is 1.28 bits per heavy atom. The Balaban J connectivity index is 2.19. The van der Waals surface area contributed by atoms with E-state index in [1.807, 2.05) is 30.3 Å². The average Bonchev–Trinajstić information content (AvgIpc) is 2.75. The van der Waals surface area contributed by atoms with Crippen LogP contribution in [0.2, 0.25) is 9.36 Å². The van der Waals surface area contributed by atoms with Gasteiger partial charge in [-0.3, -0.25) is 11.3 Å². The number of hydrogen-bond acceptors (Lipinski definition) is 3. The Bertz CT molecular complexity index is 545. The molecule has 1 unspecified atom stereocenters. The van der Waals surface area contributed by atoms with Gasteiger partial charge in [0.25, 0.3) is 0 Å². The van der Waals surface area contributed by atoms with Crippen LogP contribution >= 0.6 is 50.5 Å². The molecule has 6 heteroatoms. The van der Waals surface area contributed by atoms with Crippen LogP contribution in [0.1, 0.15) is 16.5 Å². The fourth-order valence-corrected chi connectivity index (χ4v) is 3.31. The highest BCUT2D eigenvalue weighted by Gasteiger charge is 2.13. The van der Waals surface area contributed by atoms with Crippen LogP contribution in [0.5, 0.6) is 0 Å². The van der Waals surface area contributed by atoms with E-state index in [0.717, 1.165) is 20.8 Å². The monoisotopic (exact) mass is 364 g/mol. The summed E-state index contributed by atoms with van der Waals surface area (Å²) in [4.78, 5) is 1.19. The highest BCUT2D eigenvalue weighted by atomic mass is 79.9. The van der Waals surface area contributed by atoms with E-state index in [0.29, 0.717) is 5.02 Å². The van der Waals surface area contributed by atoms with E-state index >= 15 is 0 Å². The first-order valence-electron chi connectivity index (χ1n) is 5.25. The normalized spacial score (nSPS) is 12.7. The molecule has 0 saturated heterocycles. The molecular weight excluding hydrogens is 355 g/mol. The van der Waals surface area contributed by atoms with Gasteiger partial charge in [0.15, 0.2) is 0 Å². The van der Waals surface area contributed by atoms with Gasteiger partial charge in [-0.1, -0.05) is 29.3 Å². The molecule has 1 aromatic heterocycles. The van der Waals surface area contributed by atoms with Crippen molar-refractivity contribution in [3.63, 3.8) is 0 Å². The molecule has 0 aliphatic rings. The molecule has 0 aliphatic carbocycles. The predicted octanol–water partition coefficient (Wildman–Crippen LogP) is 4.56. The summed E-state index contributed by atoms with van der Waals surface area (Å²) in [6.07, 6.45) is 0.794. The molecule has 2 rings (SSSR count). The van der Waals surface area contributed by atoms with Crippen molar-refractivity contribution < 1.29 is 0 Å². The Morgan fingerprint density at radius 3 is 2.61 bits per heavy atom. The minimum Gasteiger partial charge on any atom is -0.271 e. The second-order valence-electron chi connectivity index (χ2n) is 3.80. The van der Waals surface area contributed by atoms with E-state index in [1.165, 1.54) is 4.88 Å². The number of nitrogens with two attached hydrogens (primary N) is 1. The lowest BCUT2D eigenvalue weighted by Crippen LogP contribution is -2.29. The largest absolute Gasteiger partial charge is 0.271 e. The molecule has 0 saturated carbocycles. The molecule has 2 nitrogen and oxygen atoms in total. The number of hydrazine groups is 1. The van der Waals surface area contributed by atoms with Crippen LogP contribution < -0.4 is 11.3 Å². The summed E-state index contributed by atoms with van der Waals surface area (Å²) in [5.41, 5.74) is 3.90. The van der Waals surface area contributed by atoms with E-state index in [-0.39, 0.29) is 6.04 Å². The van der Waals surface area contributed by atoms with Gasteiger partial charge >= 0.3 is 0 Å². The summed E-state index contributed by atoms with van der Waals surface area (Å²) in [5, 5.41) is 0.689. The first-order chi connectivity index (χ1) is 8.60. The number of benzene rings is 1. The van der Waals surface area contributed by atoms with Gasteiger partial charge in [-0.25, -0.2) is 0 Å². The molecule has 96 valence electrons. The third-order valence-electron chi connectivity index (χ3n) is 2.58. The van der Waals surface area contributed by atoms with Crippen molar-refractivity contribution in [2.24, 2.45) is 5.84 Å². The second kappa shape index (κ2) is 6.37. The lowest BCUT2D eigenvalue weighted by atomic mass is 10.0. The van der Waals surface area contributed by atoms with Crippen molar-refractivity contribution in [3.8, 4) is 0 Å². The predicted molar refractivity (Wildman–Crippen MR) is 82.2 cm³/mol. The van der Waals surface area contributed by atoms with Crippen LogP contribution in [0, 0.1) is 0 Å². The first kappa shape index (κ1) is 14.3. The van der Waals surface area contributed by atoms with Crippen molar-refractivity contribution in [1.82, 2.24) is 5.43 Å². The molecular formula is C12H11BrCl2N2S. The first-order valence-corrected chi connectivity index (χ1v) is 7.62. The van der Waals surface area contributed by atoms with Crippen molar-refractivity contribution in [2.45, 2.75) is 12.5 Å². The minimum absolute atomic E-state index is 0.0354. The summed E-state index contributed by atoms with van der Waals surface area (Å²) in [6.45, 7) is 0. The molecule has 0 bridgehead atoms. The van der Waals surface area contributed by atoms with Crippen LogP contribution in [0.3, 0.4) is 0 Å². The smallest absolute Gasteiger partial charge is 0.0931 e. The van der Waals surface area contributed by atoms with Gasteiger partial charge in [0.2, 0.25) is 0 Å². The number of nitrogens with one attached hydrogen (secondary N) is 1. The average molecular weight is 366 g/mol. The summed E-state index contributed by atoms with van der Waals surface area (Å²) in [6, 6.07) is 9.74. The van der Waals surface area contributed by atoms with E-state index in [2.05, 4.69) is 21.4 Å². The van der Waals surface area contributed by atoms with E-state index in [9.17, 15) is 0 Å². The van der Waals surface area contributed by atoms with E-state index in [1.54, 1.807) is 11.3 Å². The van der Waals surface area contributed by atoms with Crippen molar-refractivity contribution in [3.05, 3.63) is 54.6 Å². The molecule has 0 radical (unpaired) electrons. The molecule has 0 fully saturated rings. The maximum atomic E-state index is 5.98. The third kappa shape index (κ3) is 3.47. The quantitative estimate of drug-likeness (QED) is 0.615. The summed E-state index contributed by atoms with van der Waals surface area (Å²) in [5.74, 6) is 5.62. The SMILES string of the molecule is NNC(Cc1ccc(Cl)s1)c1ccc(Cl)c(Br)c1. The van der Waals surface area contributed by atoms with Crippen LogP contribution in [-0.4, -0.2) is 0 Å². The fourth-order valence-electron chi connectivity index (χ4n) is 1.66. The van der Waals surface area contributed by atoms with Gasteiger partial charge in [-0.05, 0) is 45.8 Å². The summed E-state index contributed by atoms with van der Waals surface area (Å²) >= 11 is 16.9. The Hall–Kier alpha value is -0.100. The van der Waals surface area contributed by atoms with E-state index < -0.39 is 0 Å².